The fraction of sp³-hybridized carbons (Fsp3) is 0.467. The van der Waals surface area contributed by atoms with E-state index in [4.69, 9.17) is 0 Å². The molecule has 0 bridgehead atoms. The van der Waals surface area contributed by atoms with Gasteiger partial charge < -0.3 is 10.0 Å². The first-order chi connectivity index (χ1) is 9.45. The van der Waals surface area contributed by atoms with Gasteiger partial charge in [0.15, 0.2) is 0 Å². The first-order valence-corrected chi connectivity index (χ1v) is 6.74. The molecule has 1 aliphatic rings. The summed E-state index contributed by atoms with van der Waals surface area (Å²) in [4.78, 5) is 25.1. The molecule has 1 aromatic rings. The number of hydrogen-bond acceptors (Lipinski definition) is 2. The standard InChI is InChI=1S/C15H18FNO3/c1-3-17-13(18)7-6-12(15(19)20)14(17)11-5-4-10(16)8-9(11)2/h4-5,8,12,14H,3,6-7H2,1-2H3,(H,19,20). The van der Waals surface area contributed by atoms with Gasteiger partial charge in [-0.3, -0.25) is 9.59 Å². The molecule has 1 aromatic carbocycles. The van der Waals surface area contributed by atoms with E-state index in [0.29, 0.717) is 24.1 Å². The lowest BCUT2D eigenvalue weighted by Gasteiger charge is -2.39. The van der Waals surface area contributed by atoms with Crippen LogP contribution in [0.3, 0.4) is 0 Å². The predicted octanol–water partition coefficient (Wildman–Crippen LogP) is 2.52. The van der Waals surface area contributed by atoms with E-state index < -0.39 is 17.9 Å². The van der Waals surface area contributed by atoms with Gasteiger partial charge in [0.05, 0.1) is 12.0 Å². The molecule has 1 amide bonds. The summed E-state index contributed by atoms with van der Waals surface area (Å²) in [7, 11) is 0. The van der Waals surface area contributed by atoms with Crippen LogP contribution in [0.15, 0.2) is 18.2 Å². The number of likely N-dealkylation sites (tertiary alicyclic amines) is 1. The highest BCUT2D eigenvalue weighted by Gasteiger charge is 2.40. The topological polar surface area (TPSA) is 57.6 Å². The number of carboxylic acids is 1. The molecule has 0 aromatic heterocycles. The number of hydrogen-bond donors (Lipinski definition) is 1. The van der Waals surface area contributed by atoms with Gasteiger partial charge in [0.2, 0.25) is 5.91 Å². The van der Waals surface area contributed by atoms with Crippen LogP contribution in [0.2, 0.25) is 0 Å². The monoisotopic (exact) mass is 279 g/mol. The molecule has 2 atom stereocenters. The van der Waals surface area contributed by atoms with Gasteiger partial charge in [0, 0.05) is 13.0 Å². The van der Waals surface area contributed by atoms with Gasteiger partial charge in [-0.15, -0.1) is 0 Å². The average Bonchev–Trinajstić information content (AvgIpc) is 2.38. The molecule has 1 aliphatic heterocycles. The maximum Gasteiger partial charge on any atom is 0.308 e. The molecule has 0 spiro atoms. The van der Waals surface area contributed by atoms with Crippen molar-refractivity contribution in [3.8, 4) is 0 Å². The van der Waals surface area contributed by atoms with E-state index in [1.165, 1.54) is 12.1 Å². The van der Waals surface area contributed by atoms with Crippen molar-refractivity contribution in [1.82, 2.24) is 4.90 Å². The molecule has 0 aliphatic carbocycles. The molecular weight excluding hydrogens is 261 g/mol. The van der Waals surface area contributed by atoms with E-state index in [9.17, 15) is 19.1 Å². The van der Waals surface area contributed by atoms with Crippen molar-refractivity contribution in [2.45, 2.75) is 32.7 Å². The lowest BCUT2D eigenvalue weighted by Crippen LogP contribution is -2.45. The number of carbonyl (C=O) groups is 2. The Morgan fingerprint density at radius 1 is 1.50 bits per heavy atom. The summed E-state index contributed by atoms with van der Waals surface area (Å²) in [6, 6.07) is 3.77. The zero-order valence-electron chi connectivity index (χ0n) is 11.6. The molecule has 4 nitrogen and oxygen atoms in total. The van der Waals surface area contributed by atoms with Crippen LogP contribution in [0.1, 0.15) is 36.9 Å². The smallest absolute Gasteiger partial charge is 0.308 e. The SMILES string of the molecule is CCN1C(=O)CCC(C(=O)O)C1c1ccc(F)cc1C. The summed E-state index contributed by atoms with van der Waals surface area (Å²) >= 11 is 0. The molecule has 2 rings (SSSR count). The van der Waals surface area contributed by atoms with E-state index in [1.807, 2.05) is 6.92 Å². The van der Waals surface area contributed by atoms with Crippen LogP contribution >= 0.6 is 0 Å². The molecular formula is C15H18FNO3. The van der Waals surface area contributed by atoms with Crippen LogP contribution in [0.5, 0.6) is 0 Å². The summed E-state index contributed by atoms with van der Waals surface area (Å²) in [5.41, 5.74) is 1.39. The van der Waals surface area contributed by atoms with Crippen LogP contribution in [-0.2, 0) is 9.59 Å². The van der Waals surface area contributed by atoms with E-state index in [1.54, 1.807) is 17.9 Å². The Morgan fingerprint density at radius 3 is 2.75 bits per heavy atom. The second-order valence-electron chi connectivity index (χ2n) is 5.11. The van der Waals surface area contributed by atoms with Crippen molar-refractivity contribution in [2.24, 2.45) is 5.92 Å². The normalized spacial score (nSPS) is 22.9. The Balaban J connectivity index is 2.49. The molecule has 2 unspecified atom stereocenters. The van der Waals surface area contributed by atoms with Gasteiger partial charge in [-0.2, -0.15) is 0 Å². The highest BCUT2D eigenvalue weighted by atomic mass is 19.1. The number of carbonyl (C=O) groups excluding carboxylic acids is 1. The number of carboxylic acid groups (broad SMARTS) is 1. The highest BCUT2D eigenvalue weighted by Crippen LogP contribution is 2.38. The molecule has 1 fully saturated rings. The lowest BCUT2D eigenvalue weighted by molar-refractivity contribution is -0.151. The summed E-state index contributed by atoms with van der Waals surface area (Å²) in [6.45, 7) is 4.02. The third-order valence-corrected chi connectivity index (χ3v) is 3.91. The Kier molecular flexibility index (Phi) is 4.06. The van der Waals surface area contributed by atoms with Crippen LogP contribution in [0.25, 0.3) is 0 Å². The van der Waals surface area contributed by atoms with E-state index in [2.05, 4.69) is 0 Å². The minimum absolute atomic E-state index is 0.0428. The zero-order chi connectivity index (χ0) is 14.9. The van der Waals surface area contributed by atoms with Gasteiger partial charge >= 0.3 is 5.97 Å². The molecule has 5 heteroatoms. The van der Waals surface area contributed by atoms with Crippen molar-refractivity contribution in [2.75, 3.05) is 6.54 Å². The maximum absolute atomic E-state index is 13.2. The zero-order valence-corrected chi connectivity index (χ0v) is 11.6. The first kappa shape index (κ1) is 14.5. The largest absolute Gasteiger partial charge is 0.481 e. The third kappa shape index (κ3) is 2.53. The van der Waals surface area contributed by atoms with E-state index in [0.717, 1.165) is 0 Å². The van der Waals surface area contributed by atoms with Gasteiger partial charge in [-0.25, -0.2) is 4.39 Å². The molecule has 20 heavy (non-hydrogen) atoms. The van der Waals surface area contributed by atoms with Crippen molar-refractivity contribution in [3.63, 3.8) is 0 Å². The lowest BCUT2D eigenvalue weighted by atomic mass is 9.82. The second kappa shape index (κ2) is 5.61. The number of rotatable bonds is 3. The predicted molar refractivity (Wildman–Crippen MR) is 71.6 cm³/mol. The number of piperidine rings is 1. The Hall–Kier alpha value is -1.91. The van der Waals surface area contributed by atoms with Gasteiger partial charge in [0.1, 0.15) is 5.82 Å². The average molecular weight is 279 g/mol. The minimum Gasteiger partial charge on any atom is -0.481 e. The molecule has 1 saturated heterocycles. The third-order valence-electron chi connectivity index (χ3n) is 3.91. The van der Waals surface area contributed by atoms with Gasteiger partial charge in [0.25, 0.3) is 0 Å². The molecule has 1 heterocycles. The van der Waals surface area contributed by atoms with Gasteiger partial charge in [-0.05, 0) is 43.5 Å². The number of aryl methyl sites for hydroxylation is 1. The van der Waals surface area contributed by atoms with Crippen molar-refractivity contribution in [3.05, 3.63) is 35.1 Å². The fourth-order valence-corrected chi connectivity index (χ4v) is 2.94. The van der Waals surface area contributed by atoms with Crippen LogP contribution in [-0.4, -0.2) is 28.4 Å². The summed E-state index contributed by atoms with van der Waals surface area (Å²) in [5, 5.41) is 9.40. The maximum atomic E-state index is 13.2. The van der Waals surface area contributed by atoms with Gasteiger partial charge in [-0.1, -0.05) is 6.07 Å². The second-order valence-corrected chi connectivity index (χ2v) is 5.11. The van der Waals surface area contributed by atoms with Crippen LogP contribution in [0.4, 0.5) is 4.39 Å². The van der Waals surface area contributed by atoms with Crippen LogP contribution in [0, 0.1) is 18.7 Å². The molecule has 108 valence electrons. The van der Waals surface area contributed by atoms with Crippen LogP contribution < -0.4 is 0 Å². The molecule has 0 radical (unpaired) electrons. The number of benzene rings is 1. The van der Waals surface area contributed by atoms with Crippen molar-refractivity contribution >= 4 is 11.9 Å². The first-order valence-electron chi connectivity index (χ1n) is 6.74. The quantitative estimate of drug-likeness (QED) is 0.925. The molecule has 1 N–H and O–H groups in total. The summed E-state index contributed by atoms with van der Waals surface area (Å²) in [6.07, 6.45) is 0.577. The highest BCUT2D eigenvalue weighted by molar-refractivity contribution is 5.81. The van der Waals surface area contributed by atoms with E-state index >= 15 is 0 Å². The fourth-order valence-electron chi connectivity index (χ4n) is 2.94. The summed E-state index contributed by atoms with van der Waals surface area (Å²) < 4.78 is 13.2. The summed E-state index contributed by atoms with van der Waals surface area (Å²) in [5.74, 6) is -1.96. The Labute approximate surface area is 117 Å². The number of amides is 1. The number of aliphatic carboxylic acids is 1. The minimum atomic E-state index is -0.912. The van der Waals surface area contributed by atoms with Crippen molar-refractivity contribution < 1.29 is 19.1 Å². The molecule has 0 saturated carbocycles. The van der Waals surface area contributed by atoms with Crippen molar-refractivity contribution in [1.29, 1.82) is 0 Å². The number of halogens is 1. The Morgan fingerprint density at radius 2 is 2.20 bits per heavy atom. The number of nitrogens with zero attached hydrogens (tertiary/aromatic N) is 1. The Bertz CT molecular complexity index is 542. The van der Waals surface area contributed by atoms with E-state index in [-0.39, 0.29) is 18.1 Å².